The molecule has 2 unspecified atom stereocenters. The number of amides is 1. The molecule has 4 nitrogen and oxygen atoms in total. The summed E-state index contributed by atoms with van der Waals surface area (Å²) in [7, 11) is 0. The third kappa shape index (κ3) is 4.33. The van der Waals surface area contributed by atoms with Crippen molar-refractivity contribution in [2.75, 3.05) is 32.7 Å². The zero-order valence-corrected chi connectivity index (χ0v) is 12.8. The van der Waals surface area contributed by atoms with Crippen LogP contribution < -0.4 is 5.73 Å². The molecule has 2 rings (SSSR count). The standard InChI is InChI=1S/C14H27N3O.ClH/c1-12(14(18)16-7-3-2-4-8-16)17-9-5-6-13(10-15)11-17;/h12-13H,2-11,15H2,1H3;1H. The van der Waals surface area contributed by atoms with E-state index in [2.05, 4.69) is 16.7 Å². The fourth-order valence-corrected chi connectivity index (χ4v) is 3.18. The highest BCUT2D eigenvalue weighted by Gasteiger charge is 2.29. The summed E-state index contributed by atoms with van der Waals surface area (Å²) in [6.07, 6.45) is 6.02. The molecule has 19 heavy (non-hydrogen) atoms. The van der Waals surface area contributed by atoms with Crippen LogP contribution in [-0.4, -0.2) is 54.5 Å². The van der Waals surface area contributed by atoms with E-state index in [9.17, 15) is 4.79 Å². The molecule has 0 bridgehead atoms. The van der Waals surface area contributed by atoms with Gasteiger partial charge in [0.25, 0.3) is 0 Å². The molecule has 0 saturated carbocycles. The van der Waals surface area contributed by atoms with Gasteiger partial charge in [0, 0.05) is 19.6 Å². The van der Waals surface area contributed by atoms with Crippen LogP contribution in [0.2, 0.25) is 0 Å². The Kier molecular flexibility index (Phi) is 7.11. The van der Waals surface area contributed by atoms with Crippen LogP contribution in [0.3, 0.4) is 0 Å². The number of hydrogen-bond donors (Lipinski definition) is 1. The lowest BCUT2D eigenvalue weighted by Crippen LogP contribution is -2.52. The molecule has 0 aromatic carbocycles. The van der Waals surface area contributed by atoms with Crippen LogP contribution in [0.15, 0.2) is 0 Å². The van der Waals surface area contributed by atoms with Crippen molar-refractivity contribution in [3.63, 3.8) is 0 Å². The lowest BCUT2D eigenvalue weighted by Gasteiger charge is -2.38. The third-order valence-electron chi connectivity index (χ3n) is 4.46. The van der Waals surface area contributed by atoms with Gasteiger partial charge in [-0.1, -0.05) is 0 Å². The van der Waals surface area contributed by atoms with E-state index in [0.29, 0.717) is 11.8 Å². The normalized spacial score (nSPS) is 26.6. The number of rotatable bonds is 3. The summed E-state index contributed by atoms with van der Waals surface area (Å²) in [4.78, 5) is 16.8. The van der Waals surface area contributed by atoms with Crippen LogP contribution in [-0.2, 0) is 4.79 Å². The monoisotopic (exact) mass is 289 g/mol. The van der Waals surface area contributed by atoms with E-state index in [1.165, 1.54) is 32.1 Å². The van der Waals surface area contributed by atoms with Crippen molar-refractivity contribution in [3.05, 3.63) is 0 Å². The Balaban J connectivity index is 0.00000180. The number of carbonyl (C=O) groups excluding carboxylic acids is 1. The molecule has 0 spiro atoms. The fraction of sp³-hybridized carbons (Fsp3) is 0.929. The molecule has 1 amide bonds. The minimum atomic E-state index is 0. The molecule has 0 aromatic rings. The average molecular weight is 290 g/mol. The van der Waals surface area contributed by atoms with E-state index in [4.69, 9.17) is 5.73 Å². The van der Waals surface area contributed by atoms with Gasteiger partial charge in [-0.2, -0.15) is 0 Å². The Hall–Kier alpha value is -0.320. The molecule has 5 heteroatoms. The minimum absolute atomic E-state index is 0. The van der Waals surface area contributed by atoms with Crippen LogP contribution in [0, 0.1) is 5.92 Å². The van der Waals surface area contributed by atoms with Gasteiger partial charge in [0.1, 0.15) is 0 Å². The topological polar surface area (TPSA) is 49.6 Å². The Bertz CT molecular complexity index is 282. The van der Waals surface area contributed by atoms with E-state index >= 15 is 0 Å². The first-order chi connectivity index (χ1) is 8.72. The first kappa shape index (κ1) is 16.7. The quantitative estimate of drug-likeness (QED) is 0.856. The number of nitrogens with two attached hydrogens (primary N) is 1. The molecule has 0 aliphatic carbocycles. The SMILES string of the molecule is CC(C(=O)N1CCCCC1)N1CCCC(CN)C1.Cl. The van der Waals surface area contributed by atoms with Crippen molar-refractivity contribution in [3.8, 4) is 0 Å². The van der Waals surface area contributed by atoms with E-state index in [-0.39, 0.29) is 18.4 Å². The highest BCUT2D eigenvalue weighted by molar-refractivity contribution is 5.85. The van der Waals surface area contributed by atoms with Crippen molar-refractivity contribution in [2.24, 2.45) is 11.7 Å². The van der Waals surface area contributed by atoms with Crippen LogP contribution >= 0.6 is 12.4 Å². The summed E-state index contributed by atoms with van der Waals surface area (Å²) >= 11 is 0. The van der Waals surface area contributed by atoms with Gasteiger partial charge in [-0.25, -0.2) is 0 Å². The maximum absolute atomic E-state index is 12.4. The molecule has 2 N–H and O–H groups in total. The molecule has 2 heterocycles. The maximum Gasteiger partial charge on any atom is 0.239 e. The van der Waals surface area contributed by atoms with E-state index < -0.39 is 0 Å². The van der Waals surface area contributed by atoms with Gasteiger partial charge in [-0.15, -0.1) is 12.4 Å². The number of likely N-dealkylation sites (tertiary alicyclic amines) is 2. The van der Waals surface area contributed by atoms with Crippen LogP contribution in [0.4, 0.5) is 0 Å². The first-order valence-electron chi connectivity index (χ1n) is 7.45. The summed E-state index contributed by atoms with van der Waals surface area (Å²) in [6, 6.07) is 0.0393. The van der Waals surface area contributed by atoms with E-state index in [0.717, 1.165) is 32.7 Å². The predicted molar refractivity (Wildman–Crippen MR) is 80.5 cm³/mol. The largest absolute Gasteiger partial charge is 0.341 e. The van der Waals surface area contributed by atoms with Gasteiger partial charge in [0.2, 0.25) is 5.91 Å². The second-order valence-electron chi connectivity index (χ2n) is 5.80. The van der Waals surface area contributed by atoms with Crippen molar-refractivity contribution >= 4 is 18.3 Å². The molecule has 0 radical (unpaired) electrons. The van der Waals surface area contributed by atoms with Crippen molar-refractivity contribution in [2.45, 2.75) is 45.1 Å². The van der Waals surface area contributed by atoms with Crippen molar-refractivity contribution in [1.82, 2.24) is 9.80 Å². The summed E-state index contributed by atoms with van der Waals surface area (Å²) in [5, 5.41) is 0. The lowest BCUT2D eigenvalue weighted by atomic mass is 9.96. The average Bonchev–Trinajstić information content (AvgIpc) is 2.46. The Morgan fingerprint density at radius 3 is 2.53 bits per heavy atom. The molecular weight excluding hydrogens is 262 g/mol. The van der Waals surface area contributed by atoms with Gasteiger partial charge < -0.3 is 10.6 Å². The Morgan fingerprint density at radius 1 is 1.21 bits per heavy atom. The first-order valence-corrected chi connectivity index (χ1v) is 7.45. The zero-order valence-electron chi connectivity index (χ0n) is 12.0. The Labute approximate surface area is 123 Å². The van der Waals surface area contributed by atoms with Gasteiger partial charge in [0.15, 0.2) is 0 Å². The van der Waals surface area contributed by atoms with E-state index in [1.54, 1.807) is 0 Å². The summed E-state index contributed by atoms with van der Waals surface area (Å²) in [6.45, 7) is 6.78. The smallest absolute Gasteiger partial charge is 0.239 e. The second kappa shape index (κ2) is 8.08. The molecule has 2 aliphatic rings. The molecule has 2 saturated heterocycles. The predicted octanol–water partition coefficient (Wildman–Crippen LogP) is 1.48. The zero-order chi connectivity index (χ0) is 13.0. The molecule has 2 fully saturated rings. The van der Waals surface area contributed by atoms with Gasteiger partial charge in [0.05, 0.1) is 6.04 Å². The molecule has 112 valence electrons. The van der Waals surface area contributed by atoms with Crippen molar-refractivity contribution in [1.29, 1.82) is 0 Å². The summed E-state index contributed by atoms with van der Waals surface area (Å²) < 4.78 is 0. The van der Waals surface area contributed by atoms with Crippen LogP contribution in [0.25, 0.3) is 0 Å². The highest BCUT2D eigenvalue weighted by Crippen LogP contribution is 2.19. The van der Waals surface area contributed by atoms with Gasteiger partial charge >= 0.3 is 0 Å². The minimum Gasteiger partial charge on any atom is -0.341 e. The number of halogens is 1. The van der Waals surface area contributed by atoms with E-state index in [1.807, 2.05) is 0 Å². The lowest BCUT2D eigenvalue weighted by molar-refractivity contribution is -0.138. The summed E-state index contributed by atoms with van der Waals surface area (Å²) in [5.74, 6) is 0.905. The summed E-state index contributed by atoms with van der Waals surface area (Å²) in [5.41, 5.74) is 5.76. The second-order valence-corrected chi connectivity index (χ2v) is 5.80. The third-order valence-corrected chi connectivity index (χ3v) is 4.46. The number of carbonyl (C=O) groups is 1. The van der Waals surface area contributed by atoms with Crippen molar-refractivity contribution < 1.29 is 4.79 Å². The Morgan fingerprint density at radius 2 is 1.89 bits per heavy atom. The number of hydrogen-bond acceptors (Lipinski definition) is 3. The maximum atomic E-state index is 12.4. The highest BCUT2D eigenvalue weighted by atomic mass is 35.5. The number of nitrogens with zero attached hydrogens (tertiary/aromatic N) is 2. The molecule has 0 aromatic heterocycles. The molecule has 2 atom stereocenters. The number of piperidine rings is 2. The van der Waals surface area contributed by atoms with Gasteiger partial charge in [-0.05, 0) is 58.0 Å². The van der Waals surface area contributed by atoms with Crippen LogP contribution in [0.5, 0.6) is 0 Å². The fourth-order valence-electron chi connectivity index (χ4n) is 3.18. The van der Waals surface area contributed by atoms with Crippen LogP contribution in [0.1, 0.15) is 39.0 Å². The molecular formula is C14H28ClN3O. The molecule has 2 aliphatic heterocycles. The van der Waals surface area contributed by atoms with Gasteiger partial charge in [-0.3, -0.25) is 9.69 Å².